The van der Waals surface area contributed by atoms with E-state index in [1.165, 1.54) is 16.0 Å². The molecule has 1 atom stereocenters. The van der Waals surface area contributed by atoms with Crippen molar-refractivity contribution in [3.8, 4) is 0 Å². The maximum Gasteiger partial charge on any atom is 0.256 e. The highest BCUT2D eigenvalue weighted by molar-refractivity contribution is 7.10. The fourth-order valence-electron chi connectivity index (χ4n) is 4.60. The Morgan fingerprint density at radius 2 is 1.83 bits per heavy atom. The average Bonchev–Trinajstić information content (AvgIpc) is 3.32. The van der Waals surface area contributed by atoms with Crippen LogP contribution in [0, 0.1) is 6.92 Å². The normalized spacial score (nSPS) is 16.2. The second-order valence-corrected chi connectivity index (χ2v) is 8.75. The van der Waals surface area contributed by atoms with Crippen molar-refractivity contribution >= 4 is 28.1 Å². The molecule has 2 aromatic carbocycles. The molecule has 29 heavy (non-hydrogen) atoms. The highest BCUT2D eigenvalue weighted by atomic mass is 32.1. The molecule has 1 amide bonds. The van der Waals surface area contributed by atoms with Crippen LogP contribution in [0.15, 0.2) is 66.0 Å². The van der Waals surface area contributed by atoms with Crippen LogP contribution in [0.25, 0.3) is 10.9 Å². The summed E-state index contributed by atoms with van der Waals surface area (Å²) >= 11 is 1.78. The molecule has 4 heteroatoms. The maximum atomic E-state index is 13.9. The Bertz CT molecular complexity index is 1190. The molecule has 0 spiro atoms. The minimum atomic E-state index is 0.0898. The lowest BCUT2D eigenvalue weighted by atomic mass is 9.94. The first-order valence-corrected chi connectivity index (χ1v) is 11.0. The van der Waals surface area contributed by atoms with E-state index in [1.807, 2.05) is 25.2 Å². The zero-order valence-electron chi connectivity index (χ0n) is 16.8. The number of aryl methyl sites for hydroxylation is 1. The third kappa shape index (κ3) is 2.99. The summed E-state index contributed by atoms with van der Waals surface area (Å²) in [5.41, 5.74) is 5.66. The standard InChI is InChI=1S/C25H24N2OS/c1-17-23(20-10-6-7-11-21(20)26(17)2)25(28)27-14-12-19-13-15-29-24(19)22(27)16-18-8-4-3-5-9-18/h3-11,13,15,22H,12,14,16H2,1-2H3. The monoisotopic (exact) mass is 400 g/mol. The summed E-state index contributed by atoms with van der Waals surface area (Å²) in [5, 5.41) is 3.22. The third-order valence-corrected chi connectivity index (χ3v) is 7.29. The van der Waals surface area contributed by atoms with E-state index in [9.17, 15) is 4.79 Å². The number of fused-ring (bicyclic) bond motifs is 2. The van der Waals surface area contributed by atoms with E-state index in [0.717, 1.165) is 41.5 Å². The van der Waals surface area contributed by atoms with E-state index in [2.05, 4.69) is 64.2 Å². The molecule has 3 nitrogen and oxygen atoms in total. The number of thiophene rings is 1. The summed E-state index contributed by atoms with van der Waals surface area (Å²) in [7, 11) is 2.05. The maximum absolute atomic E-state index is 13.9. The molecule has 5 rings (SSSR count). The quantitative estimate of drug-likeness (QED) is 0.444. The van der Waals surface area contributed by atoms with Crippen molar-refractivity contribution < 1.29 is 4.79 Å². The SMILES string of the molecule is Cc1c(C(=O)N2CCc3ccsc3C2Cc2ccccc2)c2ccccc2n1C. The predicted octanol–water partition coefficient (Wildman–Crippen LogP) is 5.53. The summed E-state index contributed by atoms with van der Waals surface area (Å²) in [6, 6.07) is 21.1. The van der Waals surface area contributed by atoms with Gasteiger partial charge in [0.15, 0.2) is 0 Å². The summed E-state index contributed by atoms with van der Waals surface area (Å²) in [6.07, 6.45) is 1.78. The molecule has 0 N–H and O–H groups in total. The molecular weight excluding hydrogens is 376 g/mol. The van der Waals surface area contributed by atoms with Crippen molar-refractivity contribution in [3.63, 3.8) is 0 Å². The van der Waals surface area contributed by atoms with Gasteiger partial charge in [0.05, 0.1) is 11.6 Å². The lowest BCUT2D eigenvalue weighted by molar-refractivity contribution is 0.0665. The molecule has 0 radical (unpaired) electrons. The first-order chi connectivity index (χ1) is 14.1. The van der Waals surface area contributed by atoms with E-state index >= 15 is 0 Å². The van der Waals surface area contributed by atoms with Crippen LogP contribution in [0.2, 0.25) is 0 Å². The van der Waals surface area contributed by atoms with Gasteiger partial charge in [-0.15, -0.1) is 11.3 Å². The van der Waals surface area contributed by atoms with E-state index in [-0.39, 0.29) is 11.9 Å². The number of aromatic nitrogens is 1. The highest BCUT2D eigenvalue weighted by Gasteiger charge is 2.34. The largest absolute Gasteiger partial charge is 0.347 e. The third-order valence-electron chi connectivity index (χ3n) is 6.23. The van der Waals surface area contributed by atoms with E-state index in [4.69, 9.17) is 0 Å². The molecule has 3 heterocycles. The lowest BCUT2D eigenvalue weighted by Gasteiger charge is -2.36. The van der Waals surface area contributed by atoms with E-state index < -0.39 is 0 Å². The van der Waals surface area contributed by atoms with Crippen molar-refractivity contribution in [2.24, 2.45) is 7.05 Å². The molecule has 0 saturated heterocycles. The number of rotatable bonds is 3. The van der Waals surface area contributed by atoms with Gasteiger partial charge in [0.25, 0.3) is 5.91 Å². The molecule has 1 aliphatic rings. The Hall–Kier alpha value is -2.85. The van der Waals surface area contributed by atoms with Gasteiger partial charge in [-0.25, -0.2) is 0 Å². The topological polar surface area (TPSA) is 25.2 Å². The molecule has 1 unspecified atom stereocenters. The number of amides is 1. The number of benzene rings is 2. The van der Waals surface area contributed by atoms with Crippen molar-refractivity contribution in [3.05, 3.63) is 93.3 Å². The molecule has 0 saturated carbocycles. The minimum absolute atomic E-state index is 0.0898. The van der Waals surface area contributed by atoms with Gasteiger partial charge < -0.3 is 9.47 Å². The van der Waals surface area contributed by atoms with Crippen LogP contribution >= 0.6 is 11.3 Å². The van der Waals surface area contributed by atoms with Crippen LogP contribution in [0.1, 0.15) is 38.1 Å². The van der Waals surface area contributed by atoms with Gasteiger partial charge in [-0.05, 0) is 48.4 Å². The van der Waals surface area contributed by atoms with Crippen LogP contribution in [0.5, 0.6) is 0 Å². The molecule has 1 aliphatic heterocycles. The molecular formula is C25H24N2OS. The fourth-order valence-corrected chi connectivity index (χ4v) is 5.67. The number of carbonyl (C=O) groups is 1. The van der Waals surface area contributed by atoms with Crippen molar-refractivity contribution in [1.29, 1.82) is 0 Å². The Morgan fingerprint density at radius 3 is 2.66 bits per heavy atom. The van der Waals surface area contributed by atoms with Gasteiger partial charge >= 0.3 is 0 Å². The number of nitrogens with zero attached hydrogens (tertiary/aromatic N) is 2. The van der Waals surface area contributed by atoms with Crippen molar-refractivity contribution in [2.45, 2.75) is 25.8 Å². The van der Waals surface area contributed by atoms with Crippen molar-refractivity contribution in [1.82, 2.24) is 9.47 Å². The lowest BCUT2D eigenvalue weighted by Crippen LogP contribution is -2.40. The number of carbonyl (C=O) groups excluding carboxylic acids is 1. The molecule has 146 valence electrons. The number of para-hydroxylation sites is 1. The smallest absolute Gasteiger partial charge is 0.256 e. The van der Waals surface area contributed by atoms with Gasteiger partial charge in [0.1, 0.15) is 0 Å². The fraction of sp³-hybridized carbons (Fsp3) is 0.240. The van der Waals surface area contributed by atoms with Gasteiger partial charge in [0.2, 0.25) is 0 Å². The number of hydrogen-bond acceptors (Lipinski definition) is 2. The van der Waals surface area contributed by atoms with Crippen LogP contribution in [-0.2, 0) is 19.9 Å². The molecule has 0 fully saturated rings. The second-order valence-electron chi connectivity index (χ2n) is 7.80. The highest BCUT2D eigenvalue weighted by Crippen LogP contribution is 2.38. The minimum Gasteiger partial charge on any atom is -0.347 e. The zero-order valence-corrected chi connectivity index (χ0v) is 17.6. The van der Waals surface area contributed by atoms with Gasteiger partial charge in [-0.3, -0.25) is 4.79 Å². The van der Waals surface area contributed by atoms with E-state index in [1.54, 1.807) is 11.3 Å². The van der Waals surface area contributed by atoms with Crippen LogP contribution in [0.3, 0.4) is 0 Å². The van der Waals surface area contributed by atoms with Gasteiger partial charge in [-0.1, -0.05) is 48.5 Å². The predicted molar refractivity (Wildman–Crippen MR) is 120 cm³/mol. The average molecular weight is 401 g/mol. The molecule has 0 aliphatic carbocycles. The molecule has 4 aromatic rings. The summed E-state index contributed by atoms with van der Waals surface area (Å²) in [6.45, 7) is 2.82. The van der Waals surface area contributed by atoms with Gasteiger partial charge in [-0.2, -0.15) is 0 Å². The van der Waals surface area contributed by atoms with Crippen LogP contribution in [0.4, 0.5) is 0 Å². The van der Waals surface area contributed by atoms with Gasteiger partial charge in [0, 0.05) is 35.1 Å². The first-order valence-electron chi connectivity index (χ1n) is 10.1. The second kappa shape index (κ2) is 7.20. The Kier molecular flexibility index (Phi) is 4.51. The Morgan fingerprint density at radius 1 is 1.07 bits per heavy atom. The number of hydrogen-bond donors (Lipinski definition) is 0. The van der Waals surface area contributed by atoms with Crippen molar-refractivity contribution in [2.75, 3.05) is 6.54 Å². The zero-order chi connectivity index (χ0) is 20.0. The first kappa shape index (κ1) is 18.2. The summed E-state index contributed by atoms with van der Waals surface area (Å²) < 4.78 is 2.13. The Balaban J connectivity index is 1.59. The summed E-state index contributed by atoms with van der Waals surface area (Å²) in [5.74, 6) is 0.152. The summed E-state index contributed by atoms with van der Waals surface area (Å²) in [4.78, 5) is 17.3. The Labute approximate surface area is 175 Å². The van der Waals surface area contributed by atoms with E-state index in [0.29, 0.717) is 0 Å². The molecule has 0 bridgehead atoms. The molecule has 2 aromatic heterocycles. The van der Waals surface area contributed by atoms with Crippen LogP contribution < -0.4 is 0 Å². The van der Waals surface area contributed by atoms with Crippen LogP contribution in [-0.4, -0.2) is 21.9 Å².